The van der Waals surface area contributed by atoms with Gasteiger partial charge in [-0.1, -0.05) is 32.3 Å². The number of ketones is 1. The molecule has 16 heavy (non-hydrogen) atoms. The van der Waals surface area contributed by atoms with E-state index < -0.39 is 11.5 Å². The molecule has 2 atom stereocenters. The Labute approximate surface area is 96.5 Å². The van der Waals surface area contributed by atoms with Gasteiger partial charge in [0.15, 0.2) is 0 Å². The van der Waals surface area contributed by atoms with Gasteiger partial charge in [-0.2, -0.15) is 0 Å². The Morgan fingerprint density at radius 1 is 1.50 bits per heavy atom. The van der Waals surface area contributed by atoms with E-state index in [1.54, 1.807) is 6.08 Å². The van der Waals surface area contributed by atoms with Crippen LogP contribution >= 0.6 is 0 Å². The zero-order chi connectivity index (χ0) is 12.2. The summed E-state index contributed by atoms with van der Waals surface area (Å²) in [5.41, 5.74) is -1.21. The first kappa shape index (κ1) is 13.0. The van der Waals surface area contributed by atoms with Gasteiger partial charge in [0.25, 0.3) is 0 Å². The Balaban J connectivity index is 2.78. The van der Waals surface area contributed by atoms with Gasteiger partial charge >= 0.3 is 0 Å². The highest BCUT2D eigenvalue weighted by Gasteiger charge is 2.37. The molecule has 0 aromatic carbocycles. The molecule has 2 N–H and O–H groups in total. The Morgan fingerprint density at radius 2 is 2.19 bits per heavy atom. The van der Waals surface area contributed by atoms with Crippen molar-refractivity contribution in [2.24, 2.45) is 5.92 Å². The highest BCUT2D eigenvalue weighted by Crippen LogP contribution is 2.32. The van der Waals surface area contributed by atoms with E-state index in [1.807, 2.05) is 0 Å². The third-order valence-corrected chi connectivity index (χ3v) is 3.01. The normalized spacial score (nSPS) is 28.9. The molecule has 3 heteroatoms. The van der Waals surface area contributed by atoms with Gasteiger partial charge in [0.05, 0.1) is 11.5 Å². The van der Waals surface area contributed by atoms with Crippen molar-refractivity contribution < 1.29 is 15.0 Å². The summed E-state index contributed by atoms with van der Waals surface area (Å²) < 4.78 is 0. The molecule has 0 heterocycles. The number of aliphatic hydroxyl groups excluding tert-OH is 1. The summed E-state index contributed by atoms with van der Waals surface area (Å²) in [7, 11) is 0. The number of unbranched alkanes of at least 4 members (excludes halogenated alkanes) is 2. The maximum absolute atomic E-state index is 11.4. The molecule has 0 amide bonds. The summed E-state index contributed by atoms with van der Waals surface area (Å²) in [6.07, 6.45) is 7.91. The van der Waals surface area contributed by atoms with Crippen LogP contribution in [0.1, 0.15) is 39.5 Å². The van der Waals surface area contributed by atoms with Gasteiger partial charge in [-0.25, -0.2) is 0 Å². The van der Waals surface area contributed by atoms with Crippen LogP contribution in [0.5, 0.6) is 0 Å². The van der Waals surface area contributed by atoms with E-state index in [1.165, 1.54) is 19.1 Å². The van der Waals surface area contributed by atoms with Crippen LogP contribution in [0.3, 0.4) is 0 Å². The van der Waals surface area contributed by atoms with Crippen molar-refractivity contribution in [3.05, 3.63) is 24.0 Å². The van der Waals surface area contributed by atoms with Crippen molar-refractivity contribution in [3.63, 3.8) is 0 Å². The molecule has 3 nitrogen and oxygen atoms in total. The van der Waals surface area contributed by atoms with E-state index in [9.17, 15) is 15.0 Å². The monoisotopic (exact) mass is 224 g/mol. The summed E-state index contributed by atoms with van der Waals surface area (Å²) in [4.78, 5) is 11.4. The fraction of sp³-hybridized carbons (Fsp3) is 0.615. The van der Waals surface area contributed by atoms with Crippen LogP contribution in [-0.4, -0.2) is 21.6 Å². The molecule has 1 aliphatic rings. The Bertz CT molecular complexity index is 317. The van der Waals surface area contributed by atoms with Crippen LogP contribution in [0.4, 0.5) is 0 Å². The highest BCUT2D eigenvalue weighted by atomic mass is 16.3. The summed E-state index contributed by atoms with van der Waals surface area (Å²) >= 11 is 0. The van der Waals surface area contributed by atoms with Crippen molar-refractivity contribution >= 4 is 5.78 Å². The highest BCUT2D eigenvalue weighted by molar-refractivity contribution is 5.82. The van der Waals surface area contributed by atoms with E-state index >= 15 is 0 Å². The fourth-order valence-corrected chi connectivity index (χ4v) is 2.13. The molecule has 0 bridgehead atoms. The first-order chi connectivity index (χ1) is 7.49. The first-order valence-electron chi connectivity index (χ1n) is 5.82. The van der Waals surface area contributed by atoms with E-state index in [-0.39, 0.29) is 11.5 Å². The van der Waals surface area contributed by atoms with Crippen molar-refractivity contribution in [2.75, 3.05) is 0 Å². The minimum Gasteiger partial charge on any atom is -0.508 e. The van der Waals surface area contributed by atoms with Gasteiger partial charge in [-0.05, 0) is 25.5 Å². The molecule has 0 aromatic rings. The third-order valence-electron chi connectivity index (χ3n) is 3.01. The second-order valence-corrected chi connectivity index (χ2v) is 4.46. The minimum absolute atomic E-state index is 0.0384. The maximum atomic E-state index is 11.4. The molecule has 0 saturated carbocycles. The number of Topliss-reactive ketones (excluding diaryl/α,β-unsaturated/α-hetero) is 1. The number of carbonyl (C=O) groups excluding carboxylic acids is 1. The van der Waals surface area contributed by atoms with Crippen molar-refractivity contribution in [3.8, 4) is 0 Å². The maximum Gasteiger partial charge on any atom is 0.139 e. The molecule has 0 radical (unpaired) electrons. The molecule has 1 aliphatic carbocycles. The lowest BCUT2D eigenvalue weighted by Gasteiger charge is -2.32. The predicted octanol–water partition coefficient (Wildman–Crippen LogP) is 2.51. The molecule has 0 aromatic heterocycles. The lowest BCUT2D eigenvalue weighted by molar-refractivity contribution is -0.125. The number of rotatable bonds is 5. The second-order valence-electron chi connectivity index (χ2n) is 4.46. The lowest BCUT2D eigenvalue weighted by atomic mass is 9.77. The van der Waals surface area contributed by atoms with Gasteiger partial charge < -0.3 is 10.2 Å². The molecule has 0 fully saturated rings. The standard InChI is InChI=1S/C13H20O3/c1-3-4-5-8-13(16)9-11(15)6-7-12(13)10(2)14/h6-7,9,12,15-16H,3-5,8H2,1-2H3. The molecular weight excluding hydrogens is 204 g/mol. The van der Waals surface area contributed by atoms with Gasteiger partial charge in [0, 0.05) is 0 Å². The van der Waals surface area contributed by atoms with Crippen molar-refractivity contribution in [1.29, 1.82) is 0 Å². The summed E-state index contributed by atoms with van der Waals surface area (Å²) in [5, 5.41) is 19.8. The van der Waals surface area contributed by atoms with Crippen LogP contribution in [0.2, 0.25) is 0 Å². The Hall–Kier alpha value is -1.09. The number of hydrogen-bond donors (Lipinski definition) is 2. The lowest BCUT2D eigenvalue weighted by Crippen LogP contribution is -2.40. The quantitative estimate of drug-likeness (QED) is 0.705. The summed E-state index contributed by atoms with van der Waals surface area (Å²) in [6, 6.07) is 0. The Kier molecular flexibility index (Phi) is 4.30. The average Bonchev–Trinajstić information content (AvgIpc) is 2.16. The molecular formula is C13H20O3. The molecule has 2 unspecified atom stereocenters. The van der Waals surface area contributed by atoms with E-state index in [4.69, 9.17) is 0 Å². The van der Waals surface area contributed by atoms with Crippen LogP contribution in [0, 0.1) is 5.92 Å². The zero-order valence-corrected chi connectivity index (χ0v) is 9.94. The second kappa shape index (κ2) is 5.30. The van der Waals surface area contributed by atoms with Gasteiger partial charge in [-0.3, -0.25) is 4.79 Å². The molecule has 0 saturated heterocycles. The third kappa shape index (κ3) is 2.95. The topological polar surface area (TPSA) is 57.5 Å². The Morgan fingerprint density at radius 3 is 2.75 bits per heavy atom. The predicted molar refractivity (Wildman–Crippen MR) is 63.1 cm³/mol. The van der Waals surface area contributed by atoms with E-state index in [0.29, 0.717) is 6.42 Å². The first-order valence-corrected chi connectivity index (χ1v) is 5.82. The molecule has 0 aliphatic heterocycles. The van der Waals surface area contributed by atoms with Crippen LogP contribution in [0.25, 0.3) is 0 Å². The molecule has 90 valence electrons. The number of aliphatic hydroxyl groups is 2. The SMILES string of the molecule is CCCCCC1(O)C=C(O)C=CC1C(C)=O. The minimum atomic E-state index is -1.21. The molecule has 1 rings (SSSR count). The van der Waals surface area contributed by atoms with Crippen molar-refractivity contribution in [2.45, 2.75) is 45.1 Å². The van der Waals surface area contributed by atoms with Crippen LogP contribution < -0.4 is 0 Å². The fourth-order valence-electron chi connectivity index (χ4n) is 2.13. The van der Waals surface area contributed by atoms with E-state index in [0.717, 1.165) is 19.3 Å². The summed E-state index contributed by atoms with van der Waals surface area (Å²) in [6.45, 7) is 3.55. The van der Waals surface area contributed by atoms with Crippen LogP contribution in [-0.2, 0) is 4.79 Å². The van der Waals surface area contributed by atoms with Gasteiger partial charge in [0.2, 0.25) is 0 Å². The van der Waals surface area contributed by atoms with E-state index in [2.05, 4.69) is 6.92 Å². The van der Waals surface area contributed by atoms with Gasteiger partial charge in [-0.15, -0.1) is 0 Å². The average molecular weight is 224 g/mol. The largest absolute Gasteiger partial charge is 0.508 e. The molecule has 0 spiro atoms. The number of carbonyl (C=O) groups is 1. The van der Waals surface area contributed by atoms with Gasteiger partial charge in [0.1, 0.15) is 11.5 Å². The number of hydrogen-bond acceptors (Lipinski definition) is 3. The summed E-state index contributed by atoms with van der Waals surface area (Å²) in [5.74, 6) is -0.559. The van der Waals surface area contributed by atoms with Crippen molar-refractivity contribution in [1.82, 2.24) is 0 Å². The van der Waals surface area contributed by atoms with Crippen LogP contribution in [0.15, 0.2) is 24.0 Å². The number of allylic oxidation sites excluding steroid dienone is 1. The zero-order valence-electron chi connectivity index (χ0n) is 9.94. The smallest absolute Gasteiger partial charge is 0.139 e.